The van der Waals surface area contributed by atoms with Gasteiger partial charge in [-0.15, -0.1) is 0 Å². The molecule has 4 nitrogen and oxygen atoms in total. The molecule has 0 aromatic heterocycles. The highest BCUT2D eigenvalue weighted by molar-refractivity contribution is 6.03. The lowest BCUT2D eigenvalue weighted by molar-refractivity contribution is -0.122. The van der Waals surface area contributed by atoms with Crippen LogP contribution in [0.3, 0.4) is 0 Å². The summed E-state index contributed by atoms with van der Waals surface area (Å²) >= 11 is 0. The molecule has 142 valence electrons. The van der Waals surface area contributed by atoms with Crippen LogP contribution in [0.15, 0.2) is 36.4 Å². The molecule has 0 bridgehead atoms. The first kappa shape index (κ1) is 18.9. The van der Waals surface area contributed by atoms with Crippen molar-refractivity contribution >= 4 is 23.2 Å². The van der Waals surface area contributed by atoms with Crippen LogP contribution < -0.4 is 10.2 Å². The molecule has 3 rings (SSSR count). The Balaban J connectivity index is 1.78. The third-order valence-electron chi connectivity index (χ3n) is 4.64. The van der Waals surface area contributed by atoms with E-state index < -0.39 is 29.3 Å². The molecule has 1 saturated heterocycles. The van der Waals surface area contributed by atoms with E-state index in [-0.39, 0.29) is 30.5 Å². The molecule has 1 aliphatic heterocycles. The van der Waals surface area contributed by atoms with Gasteiger partial charge in [-0.05, 0) is 29.7 Å². The first-order valence-electron chi connectivity index (χ1n) is 8.63. The number of nitrogens with zero attached hydrogens (tertiary/aromatic N) is 1. The van der Waals surface area contributed by atoms with Gasteiger partial charge in [0.25, 0.3) is 0 Å². The number of rotatable bonds is 4. The smallest absolute Gasteiger partial charge is 0.229 e. The first-order chi connectivity index (χ1) is 12.8. The Morgan fingerprint density at radius 3 is 2.52 bits per heavy atom. The largest absolute Gasteiger partial charge is 0.326 e. The lowest BCUT2D eigenvalue weighted by atomic mass is 10.0. The van der Waals surface area contributed by atoms with Crippen LogP contribution in [0.5, 0.6) is 0 Å². The Morgan fingerprint density at radius 1 is 1.11 bits per heavy atom. The van der Waals surface area contributed by atoms with E-state index in [2.05, 4.69) is 5.32 Å². The van der Waals surface area contributed by atoms with Gasteiger partial charge in [-0.1, -0.05) is 32.0 Å². The lowest BCUT2D eigenvalue weighted by Crippen LogP contribution is -2.29. The molecule has 7 heteroatoms. The van der Waals surface area contributed by atoms with Crippen molar-refractivity contribution in [3.8, 4) is 0 Å². The molecule has 1 unspecified atom stereocenters. The van der Waals surface area contributed by atoms with Gasteiger partial charge >= 0.3 is 0 Å². The Labute approximate surface area is 155 Å². The van der Waals surface area contributed by atoms with Crippen LogP contribution in [0.25, 0.3) is 0 Å². The highest BCUT2D eigenvalue weighted by atomic mass is 19.2. The van der Waals surface area contributed by atoms with Crippen LogP contribution in [0.4, 0.5) is 24.5 Å². The molecule has 0 radical (unpaired) electrons. The average Bonchev–Trinajstić information content (AvgIpc) is 3.02. The minimum absolute atomic E-state index is 0.101. The molecule has 1 aliphatic rings. The minimum Gasteiger partial charge on any atom is -0.326 e. The van der Waals surface area contributed by atoms with E-state index in [0.29, 0.717) is 5.69 Å². The molecule has 27 heavy (non-hydrogen) atoms. The average molecular weight is 376 g/mol. The van der Waals surface area contributed by atoms with Gasteiger partial charge in [0.05, 0.1) is 11.6 Å². The van der Waals surface area contributed by atoms with Crippen molar-refractivity contribution in [2.45, 2.75) is 26.2 Å². The Hall–Kier alpha value is -2.83. The number of carbonyl (C=O) groups excluding carboxylic acids is 2. The van der Waals surface area contributed by atoms with E-state index in [0.717, 1.165) is 22.6 Å². The van der Waals surface area contributed by atoms with E-state index in [9.17, 15) is 22.8 Å². The molecule has 0 spiro atoms. The van der Waals surface area contributed by atoms with Gasteiger partial charge in [0.1, 0.15) is 0 Å². The fraction of sp³-hybridized carbons (Fsp3) is 0.300. The quantitative estimate of drug-likeness (QED) is 0.813. The molecule has 2 aromatic carbocycles. The van der Waals surface area contributed by atoms with Crippen LogP contribution in [-0.4, -0.2) is 18.4 Å². The van der Waals surface area contributed by atoms with E-state index >= 15 is 0 Å². The third kappa shape index (κ3) is 3.67. The van der Waals surface area contributed by atoms with Crippen LogP contribution in [0, 0.1) is 23.4 Å². The number of hydrogen-bond acceptors (Lipinski definition) is 2. The van der Waals surface area contributed by atoms with Gasteiger partial charge < -0.3 is 10.2 Å². The fourth-order valence-corrected chi connectivity index (χ4v) is 3.19. The summed E-state index contributed by atoms with van der Waals surface area (Å²) in [4.78, 5) is 25.8. The van der Waals surface area contributed by atoms with Crippen molar-refractivity contribution < 1.29 is 22.8 Å². The second-order valence-corrected chi connectivity index (χ2v) is 6.83. The third-order valence-corrected chi connectivity index (χ3v) is 4.64. The van der Waals surface area contributed by atoms with Gasteiger partial charge in [0.2, 0.25) is 11.8 Å². The Kier molecular flexibility index (Phi) is 5.21. The molecule has 2 amide bonds. The second kappa shape index (κ2) is 7.42. The number of hydrogen-bond donors (Lipinski definition) is 1. The summed E-state index contributed by atoms with van der Waals surface area (Å²) in [5.41, 5.74) is 1.25. The highest BCUT2D eigenvalue weighted by Crippen LogP contribution is 2.31. The zero-order valence-corrected chi connectivity index (χ0v) is 14.9. The zero-order valence-electron chi connectivity index (χ0n) is 14.9. The number of carbonyl (C=O) groups is 2. The van der Waals surface area contributed by atoms with Crippen molar-refractivity contribution in [3.63, 3.8) is 0 Å². The van der Waals surface area contributed by atoms with Crippen molar-refractivity contribution in [2.24, 2.45) is 5.92 Å². The lowest BCUT2D eigenvalue weighted by Gasteiger charge is -2.18. The summed E-state index contributed by atoms with van der Waals surface area (Å²) in [7, 11) is 0. The standard InChI is InChI=1S/C20H19F3N2O2/c1-11(2)13-5-3-4-6-15(13)24-20(27)12-9-17(26)25(10-12)16-8-7-14(21)18(22)19(16)23/h3-8,11-12H,9-10H2,1-2H3,(H,24,27). The van der Waals surface area contributed by atoms with Crippen LogP contribution >= 0.6 is 0 Å². The summed E-state index contributed by atoms with van der Waals surface area (Å²) in [5.74, 6) is -5.82. The number of anilines is 2. The maximum atomic E-state index is 14.0. The van der Waals surface area contributed by atoms with Gasteiger partial charge in [-0.2, -0.15) is 0 Å². The number of halogens is 3. The zero-order chi connectivity index (χ0) is 19.7. The minimum atomic E-state index is -1.64. The highest BCUT2D eigenvalue weighted by Gasteiger charge is 2.37. The molecule has 1 heterocycles. The number of benzene rings is 2. The van der Waals surface area contributed by atoms with Crippen LogP contribution in [-0.2, 0) is 9.59 Å². The van der Waals surface area contributed by atoms with Crippen molar-refractivity contribution in [1.82, 2.24) is 0 Å². The van der Waals surface area contributed by atoms with Crippen molar-refractivity contribution in [3.05, 3.63) is 59.4 Å². The fourth-order valence-electron chi connectivity index (χ4n) is 3.19. The van der Waals surface area contributed by atoms with E-state index in [1.165, 1.54) is 0 Å². The van der Waals surface area contributed by atoms with Crippen molar-refractivity contribution in [1.29, 1.82) is 0 Å². The van der Waals surface area contributed by atoms with E-state index in [1.54, 1.807) is 12.1 Å². The molecule has 2 aromatic rings. The SMILES string of the molecule is CC(C)c1ccccc1NC(=O)C1CC(=O)N(c2ccc(F)c(F)c2F)C1. The predicted octanol–water partition coefficient (Wildman–Crippen LogP) is 4.22. The number of nitrogens with one attached hydrogen (secondary N) is 1. The molecule has 0 aliphatic carbocycles. The molecular formula is C20H19F3N2O2. The van der Waals surface area contributed by atoms with E-state index in [4.69, 9.17) is 0 Å². The van der Waals surface area contributed by atoms with Gasteiger partial charge in [-0.25, -0.2) is 13.2 Å². The Morgan fingerprint density at radius 2 is 1.81 bits per heavy atom. The molecule has 1 N–H and O–H groups in total. The van der Waals surface area contributed by atoms with Gasteiger partial charge in [0, 0.05) is 18.7 Å². The van der Waals surface area contributed by atoms with Crippen LogP contribution in [0.2, 0.25) is 0 Å². The topological polar surface area (TPSA) is 49.4 Å². The summed E-state index contributed by atoms with van der Waals surface area (Å²) in [5, 5.41) is 2.82. The first-order valence-corrected chi connectivity index (χ1v) is 8.63. The monoisotopic (exact) mass is 376 g/mol. The number of amides is 2. The normalized spacial score (nSPS) is 16.9. The van der Waals surface area contributed by atoms with Crippen LogP contribution in [0.1, 0.15) is 31.7 Å². The number of para-hydroxylation sites is 1. The maximum absolute atomic E-state index is 14.0. The molecule has 1 atom stereocenters. The van der Waals surface area contributed by atoms with E-state index in [1.807, 2.05) is 26.0 Å². The second-order valence-electron chi connectivity index (χ2n) is 6.83. The summed E-state index contributed by atoms with van der Waals surface area (Å²) in [6.45, 7) is 3.89. The van der Waals surface area contributed by atoms with Crippen molar-refractivity contribution in [2.75, 3.05) is 16.8 Å². The Bertz CT molecular complexity index is 899. The summed E-state index contributed by atoms with van der Waals surface area (Å²) < 4.78 is 40.6. The maximum Gasteiger partial charge on any atom is 0.229 e. The van der Waals surface area contributed by atoms with Gasteiger partial charge in [0.15, 0.2) is 17.5 Å². The molecular weight excluding hydrogens is 357 g/mol. The van der Waals surface area contributed by atoms with Gasteiger partial charge in [-0.3, -0.25) is 9.59 Å². The summed E-state index contributed by atoms with van der Waals surface area (Å²) in [6.07, 6.45) is -0.131. The summed E-state index contributed by atoms with van der Waals surface area (Å²) in [6, 6.07) is 9.11. The molecule has 1 fully saturated rings. The molecule has 0 saturated carbocycles. The predicted molar refractivity (Wildman–Crippen MR) is 95.9 cm³/mol.